The highest BCUT2D eigenvalue weighted by Gasteiger charge is 2.16. The van der Waals surface area contributed by atoms with E-state index in [9.17, 15) is 4.79 Å². The molecule has 0 saturated carbocycles. The minimum absolute atomic E-state index is 0.161. The molecule has 2 rings (SSSR count). The molecule has 0 atom stereocenters. The SMILES string of the molecule is CCCOc1ccccc1C(=O)c1ccc(Cl)cc1N. The van der Waals surface area contributed by atoms with Crippen molar-refractivity contribution in [2.75, 3.05) is 12.3 Å². The molecule has 0 heterocycles. The zero-order valence-corrected chi connectivity index (χ0v) is 12.0. The van der Waals surface area contributed by atoms with E-state index in [1.54, 1.807) is 36.4 Å². The molecule has 0 aliphatic heterocycles. The van der Waals surface area contributed by atoms with Gasteiger partial charge >= 0.3 is 0 Å². The molecule has 0 saturated heterocycles. The van der Waals surface area contributed by atoms with E-state index in [4.69, 9.17) is 22.1 Å². The van der Waals surface area contributed by atoms with Gasteiger partial charge in [-0.25, -0.2) is 0 Å². The van der Waals surface area contributed by atoms with Crippen LogP contribution in [0, 0.1) is 0 Å². The molecule has 0 radical (unpaired) electrons. The Morgan fingerprint density at radius 3 is 2.65 bits per heavy atom. The first-order chi connectivity index (χ1) is 9.63. The van der Waals surface area contributed by atoms with Crippen LogP contribution in [0.4, 0.5) is 5.69 Å². The molecular weight excluding hydrogens is 274 g/mol. The van der Waals surface area contributed by atoms with E-state index in [1.165, 1.54) is 0 Å². The van der Waals surface area contributed by atoms with Crippen molar-refractivity contribution >= 4 is 23.1 Å². The van der Waals surface area contributed by atoms with Gasteiger partial charge in [0, 0.05) is 16.3 Å². The summed E-state index contributed by atoms with van der Waals surface area (Å²) in [5, 5.41) is 0.509. The van der Waals surface area contributed by atoms with Crippen LogP contribution in [-0.2, 0) is 0 Å². The lowest BCUT2D eigenvalue weighted by molar-refractivity contribution is 0.103. The smallest absolute Gasteiger partial charge is 0.198 e. The fraction of sp³-hybridized carbons (Fsp3) is 0.188. The first-order valence-corrected chi connectivity index (χ1v) is 6.83. The van der Waals surface area contributed by atoms with Gasteiger partial charge in [-0.2, -0.15) is 0 Å². The number of carbonyl (C=O) groups excluding carboxylic acids is 1. The molecule has 3 nitrogen and oxygen atoms in total. The van der Waals surface area contributed by atoms with Crippen molar-refractivity contribution in [3.05, 3.63) is 58.6 Å². The Morgan fingerprint density at radius 2 is 1.95 bits per heavy atom. The van der Waals surface area contributed by atoms with E-state index in [1.807, 2.05) is 13.0 Å². The number of nitrogen functional groups attached to an aromatic ring is 1. The zero-order chi connectivity index (χ0) is 14.5. The van der Waals surface area contributed by atoms with Gasteiger partial charge in [0.15, 0.2) is 5.78 Å². The summed E-state index contributed by atoms with van der Waals surface area (Å²) >= 11 is 5.85. The van der Waals surface area contributed by atoms with Crippen molar-refractivity contribution in [3.8, 4) is 5.75 Å². The van der Waals surface area contributed by atoms with Crippen molar-refractivity contribution in [1.82, 2.24) is 0 Å². The van der Waals surface area contributed by atoms with Gasteiger partial charge < -0.3 is 10.5 Å². The monoisotopic (exact) mass is 289 g/mol. The maximum Gasteiger partial charge on any atom is 0.198 e. The summed E-state index contributed by atoms with van der Waals surface area (Å²) in [4.78, 5) is 12.6. The Bertz CT molecular complexity index is 626. The quantitative estimate of drug-likeness (QED) is 0.670. The van der Waals surface area contributed by atoms with E-state index in [0.717, 1.165) is 6.42 Å². The van der Waals surface area contributed by atoms with Crippen molar-refractivity contribution in [2.45, 2.75) is 13.3 Å². The lowest BCUT2D eigenvalue weighted by Crippen LogP contribution is -2.08. The summed E-state index contributed by atoms with van der Waals surface area (Å²) in [5.74, 6) is 0.416. The van der Waals surface area contributed by atoms with Crippen LogP contribution in [0.5, 0.6) is 5.75 Å². The molecule has 2 N–H and O–H groups in total. The Kier molecular flexibility index (Phi) is 4.64. The number of carbonyl (C=O) groups is 1. The molecule has 0 aliphatic carbocycles. The molecule has 0 unspecified atom stereocenters. The fourth-order valence-electron chi connectivity index (χ4n) is 1.88. The predicted molar refractivity (Wildman–Crippen MR) is 81.5 cm³/mol. The largest absolute Gasteiger partial charge is 0.493 e. The first kappa shape index (κ1) is 14.4. The van der Waals surface area contributed by atoms with Crippen LogP contribution in [0.3, 0.4) is 0 Å². The molecule has 0 spiro atoms. The number of nitrogens with two attached hydrogens (primary N) is 1. The third-order valence-electron chi connectivity index (χ3n) is 2.85. The van der Waals surface area contributed by atoms with Gasteiger partial charge in [0.1, 0.15) is 5.75 Å². The number of benzene rings is 2. The highest BCUT2D eigenvalue weighted by atomic mass is 35.5. The van der Waals surface area contributed by atoms with Gasteiger partial charge in [0.2, 0.25) is 0 Å². The summed E-state index contributed by atoms with van der Waals surface area (Å²) in [6.07, 6.45) is 0.881. The third kappa shape index (κ3) is 3.11. The number of hydrogen-bond donors (Lipinski definition) is 1. The van der Waals surface area contributed by atoms with Crippen molar-refractivity contribution in [1.29, 1.82) is 0 Å². The number of rotatable bonds is 5. The Balaban J connectivity index is 2.38. The summed E-state index contributed by atoms with van der Waals surface area (Å²) in [6.45, 7) is 2.59. The van der Waals surface area contributed by atoms with Gasteiger partial charge in [-0.15, -0.1) is 0 Å². The standard InChI is InChI=1S/C16H16ClNO2/c1-2-9-20-15-6-4-3-5-13(15)16(19)12-8-7-11(17)10-14(12)18/h3-8,10H,2,9,18H2,1H3. The molecular formula is C16H16ClNO2. The minimum Gasteiger partial charge on any atom is -0.493 e. The van der Waals surface area contributed by atoms with Crippen LogP contribution in [0.25, 0.3) is 0 Å². The number of ether oxygens (including phenoxy) is 1. The number of ketones is 1. The Labute approximate surface area is 123 Å². The normalized spacial score (nSPS) is 10.3. The fourth-order valence-corrected chi connectivity index (χ4v) is 2.06. The summed E-state index contributed by atoms with van der Waals surface area (Å²) in [5.41, 5.74) is 7.17. The van der Waals surface area contributed by atoms with Gasteiger partial charge in [-0.3, -0.25) is 4.79 Å². The minimum atomic E-state index is -0.161. The second-order valence-corrected chi connectivity index (χ2v) is 4.84. The van der Waals surface area contributed by atoms with Crippen LogP contribution in [-0.4, -0.2) is 12.4 Å². The van der Waals surface area contributed by atoms with Crippen molar-refractivity contribution < 1.29 is 9.53 Å². The molecule has 2 aromatic carbocycles. The van der Waals surface area contributed by atoms with Crippen molar-refractivity contribution in [3.63, 3.8) is 0 Å². The summed E-state index contributed by atoms with van der Waals surface area (Å²) in [6, 6.07) is 12.0. The molecule has 4 heteroatoms. The van der Waals surface area contributed by atoms with Gasteiger partial charge in [0.05, 0.1) is 12.2 Å². The van der Waals surface area contributed by atoms with Gasteiger partial charge in [0.25, 0.3) is 0 Å². The molecule has 104 valence electrons. The van der Waals surface area contributed by atoms with Crippen molar-refractivity contribution in [2.24, 2.45) is 0 Å². The topological polar surface area (TPSA) is 52.3 Å². The number of anilines is 1. The van der Waals surface area contributed by atoms with Crippen LogP contribution in [0.1, 0.15) is 29.3 Å². The van der Waals surface area contributed by atoms with E-state index >= 15 is 0 Å². The van der Waals surface area contributed by atoms with E-state index in [2.05, 4.69) is 0 Å². The first-order valence-electron chi connectivity index (χ1n) is 6.45. The molecule has 0 aliphatic rings. The van der Waals surface area contributed by atoms with Gasteiger partial charge in [-0.1, -0.05) is 30.7 Å². The zero-order valence-electron chi connectivity index (χ0n) is 11.2. The van der Waals surface area contributed by atoms with Gasteiger partial charge in [-0.05, 0) is 36.8 Å². The maximum atomic E-state index is 12.6. The second-order valence-electron chi connectivity index (χ2n) is 4.41. The van der Waals surface area contributed by atoms with Crippen LogP contribution >= 0.6 is 11.6 Å². The molecule has 0 aromatic heterocycles. The average molecular weight is 290 g/mol. The Hall–Kier alpha value is -2.00. The molecule has 0 bridgehead atoms. The maximum absolute atomic E-state index is 12.6. The lowest BCUT2D eigenvalue weighted by atomic mass is 10.0. The highest BCUT2D eigenvalue weighted by Crippen LogP contribution is 2.26. The molecule has 0 fully saturated rings. The van der Waals surface area contributed by atoms with Crippen LogP contribution in [0.2, 0.25) is 5.02 Å². The van der Waals surface area contributed by atoms with Crippen LogP contribution < -0.4 is 10.5 Å². The highest BCUT2D eigenvalue weighted by molar-refractivity contribution is 6.31. The lowest BCUT2D eigenvalue weighted by Gasteiger charge is -2.11. The molecule has 0 amide bonds. The summed E-state index contributed by atoms with van der Waals surface area (Å²) in [7, 11) is 0. The number of para-hydroxylation sites is 1. The molecule has 2 aromatic rings. The predicted octanol–water partition coefficient (Wildman–Crippen LogP) is 3.94. The number of hydrogen-bond acceptors (Lipinski definition) is 3. The van der Waals surface area contributed by atoms with E-state index < -0.39 is 0 Å². The molecule has 20 heavy (non-hydrogen) atoms. The Morgan fingerprint density at radius 1 is 1.20 bits per heavy atom. The third-order valence-corrected chi connectivity index (χ3v) is 3.09. The van der Waals surface area contributed by atoms with E-state index in [0.29, 0.717) is 34.2 Å². The average Bonchev–Trinajstić information content (AvgIpc) is 2.45. The number of halogens is 1. The summed E-state index contributed by atoms with van der Waals surface area (Å²) < 4.78 is 5.60. The van der Waals surface area contributed by atoms with Crippen LogP contribution in [0.15, 0.2) is 42.5 Å². The van der Waals surface area contributed by atoms with E-state index in [-0.39, 0.29) is 5.78 Å². The second kappa shape index (κ2) is 6.44.